The fourth-order valence-electron chi connectivity index (χ4n) is 4.36. The Morgan fingerprint density at radius 3 is 2.76 bits per heavy atom. The minimum Gasteiger partial charge on any atom is -0.494 e. The molecule has 8 nitrogen and oxygen atoms in total. The Kier molecular flexibility index (Phi) is 5.83. The van der Waals surface area contributed by atoms with Gasteiger partial charge in [0.25, 0.3) is 5.91 Å². The van der Waals surface area contributed by atoms with E-state index in [2.05, 4.69) is 21.4 Å². The third kappa shape index (κ3) is 4.34. The number of aromatic amines is 1. The number of fused-ring (bicyclic) bond motifs is 1. The number of anilines is 1. The molecule has 2 N–H and O–H groups in total. The SMILES string of the molecule is COc1ccc(C2=CCOCC2)c2nc(NC(=O)c3ccc(CN4CCCC4=O)cc3)[nH]c12. The lowest BCUT2D eigenvalue weighted by molar-refractivity contribution is -0.128. The lowest BCUT2D eigenvalue weighted by atomic mass is 10.00. The van der Waals surface area contributed by atoms with Gasteiger partial charge in [-0.2, -0.15) is 0 Å². The summed E-state index contributed by atoms with van der Waals surface area (Å²) in [5, 5.41) is 2.86. The van der Waals surface area contributed by atoms with E-state index in [1.165, 1.54) is 5.57 Å². The van der Waals surface area contributed by atoms with E-state index in [1.807, 2.05) is 29.2 Å². The van der Waals surface area contributed by atoms with Gasteiger partial charge in [-0.15, -0.1) is 0 Å². The lowest BCUT2D eigenvalue weighted by Gasteiger charge is -2.15. The molecule has 1 fully saturated rings. The Morgan fingerprint density at radius 1 is 1.21 bits per heavy atom. The number of imidazole rings is 1. The molecule has 1 saturated heterocycles. The molecule has 8 heteroatoms. The average molecular weight is 447 g/mol. The topological polar surface area (TPSA) is 96.6 Å². The molecule has 3 aromatic rings. The van der Waals surface area contributed by atoms with Crippen molar-refractivity contribution in [2.24, 2.45) is 0 Å². The smallest absolute Gasteiger partial charge is 0.257 e. The van der Waals surface area contributed by atoms with Gasteiger partial charge in [0.2, 0.25) is 11.9 Å². The highest BCUT2D eigenvalue weighted by molar-refractivity contribution is 6.04. The number of carbonyl (C=O) groups is 2. The van der Waals surface area contributed by atoms with Crippen LogP contribution in [0.3, 0.4) is 0 Å². The molecular weight excluding hydrogens is 420 g/mol. The Bertz CT molecular complexity index is 1230. The molecule has 2 aromatic carbocycles. The van der Waals surface area contributed by atoms with Crippen molar-refractivity contribution in [3.8, 4) is 5.75 Å². The fraction of sp³-hybridized carbons (Fsp3) is 0.320. The van der Waals surface area contributed by atoms with Gasteiger partial charge in [-0.1, -0.05) is 18.2 Å². The fourth-order valence-corrected chi connectivity index (χ4v) is 4.36. The quantitative estimate of drug-likeness (QED) is 0.601. The minimum atomic E-state index is -0.261. The number of hydrogen-bond donors (Lipinski definition) is 2. The van der Waals surface area contributed by atoms with E-state index < -0.39 is 0 Å². The molecule has 33 heavy (non-hydrogen) atoms. The van der Waals surface area contributed by atoms with Crippen LogP contribution in [-0.4, -0.2) is 53.6 Å². The highest BCUT2D eigenvalue weighted by Crippen LogP contribution is 2.33. The lowest BCUT2D eigenvalue weighted by Crippen LogP contribution is -2.23. The first-order valence-electron chi connectivity index (χ1n) is 11.1. The van der Waals surface area contributed by atoms with Crippen molar-refractivity contribution in [2.75, 3.05) is 32.2 Å². The van der Waals surface area contributed by atoms with Gasteiger partial charge in [0.05, 0.1) is 20.3 Å². The number of aromatic nitrogens is 2. The molecule has 0 aliphatic carbocycles. The molecule has 170 valence electrons. The number of likely N-dealkylation sites (tertiary alicyclic amines) is 1. The van der Waals surface area contributed by atoms with Crippen LogP contribution in [-0.2, 0) is 16.1 Å². The van der Waals surface area contributed by atoms with Crippen molar-refractivity contribution >= 4 is 34.4 Å². The molecule has 5 rings (SSSR count). The predicted molar refractivity (Wildman–Crippen MR) is 125 cm³/mol. The highest BCUT2D eigenvalue weighted by atomic mass is 16.5. The van der Waals surface area contributed by atoms with E-state index in [4.69, 9.17) is 9.47 Å². The van der Waals surface area contributed by atoms with E-state index in [1.54, 1.807) is 19.2 Å². The minimum absolute atomic E-state index is 0.188. The zero-order chi connectivity index (χ0) is 22.8. The Labute approximate surface area is 191 Å². The number of nitrogens with zero attached hydrogens (tertiary/aromatic N) is 2. The number of nitrogens with one attached hydrogen (secondary N) is 2. The molecule has 0 spiro atoms. The third-order valence-corrected chi connectivity index (χ3v) is 6.13. The maximum atomic E-state index is 12.8. The van der Waals surface area contributed by atoms with Crippen LogP contribution in [0.4, 0.5) is 5.95 Å². The molecular formula is C25H26N4O4. The molecule has 3 heterocycles. The number of carbonyl (C=O) groups excluding carboxylic acids is 2. The number of hydrogen-bond acceptors (Lipinski definition) is 5. The van der Waals surface area contributed by atoms with Crippen LogP contribution < -0.4 is 10.1 Å². The normalized spacial score (nSPS) is 16.2. The molecule has 0 radical (unpaired) electrons. The average Bonchev–Trinajstić information content (AvgIpc) is 3.45. The largest absolute Gasteiger partial charge is 0.494 e. The molecule has 0 unspecified atom stereocenters. The van der Waals surface area contributed by atoms with Gasteiger partial charge >= 0.3 is 0 Å². The van der Waals surface area contributed by atoms with Crippen LogP contribution in [0.25, 0.3) is 16.6 Å². The summed E-state index contributed by atoms with van der Waals surface area (Å²) < 4.78 is 10.9. The first-order valence-corrected chi connectivity index (χ1v) is 11.1. The summed E-state index contributed by atoms with van der Waals surface area (Å²) >= 11 is 0. The van der Waals surface area contributed by atoms with E-state index in [0.717, 1.165) is 41.5 Å². The summed E-state index contributed by atoms with van der Waals surface area (Å²) in [6.45, 7) is 2.63. The van der Waals surface area contributed by atoms with Gasteiger partial charge in [0, 0.05) is 30.6 Å². The van der Waals surface area contributed by atoms with Crippen LogP contribution in [0.15, 0.2) is 42.5 Å². The summed E-state index contributed by atoms with van der Waals surface area (Å²) in [5.74, 6) is 0.951. The number of rotatable bonds is 6. The monoisotopic (exact) mass is 446 g/mol. The maximum absolute atomic E-state index is 12.8. The third-order valence-electron chi connectivity index (χ3n) is 6.13. The number of ether oxygens (including phenoxy) is 2. The van der Waals surface area contributed by atoms with Crippen molar-refractivity contribution in [1.29, 1.82) is 0 Å². The van der Waals surface area contributed by atoms with Gasteiger partial charge in [0.1, 0.15) is 16.8 Å². The van der Waals surface area contributed by atoms with Crippen molar-refractivity contribution in [2.45, 2.75) is 25.8 Å². The Morgan fingerprint density at radius 2 is 2.06 bits per heavy atom. The summed E-state index contributed by atoms with van der Waals surface area (Å²) in [6.07, 6.45) is 4.41. The number of H-pyrrole nitrogens is 1. The predicted octanol–water partition coefficient (Wildman–Crippen LogP) is 3.75. The van der Waals surface area contributed by atoms with Crippen LogP contribution >= 0.6 is 0 Å². The second-order valence-electron chi connectivity index (χ2n) is 8.25. The number of amides is 2. The van der Waals surface area contributed by atoms with Gasteiger partial charge < -0.3 is 19.4 Å². The van der Waals surface area contributed by atoms with Crippen LogP contribution in [0.1, 0.15) is 40.7 Å². The Hall–Kier alpha value is -3.65. The van der Waals surface area contributed by atoms with Gasteiger partial charge in [-0.25, -0.2) is 4.98 Å². The molecule has 0 saturated carbocycles. The van der Waals surface area contributed by atoms with Gasteiger partial charge in [0.15, 0.2) is 0 Å². The molecule has 2 amide bonds. The number of methoxy groups -OCH3 is 1. The summed E-state index contributed by atoms with van der Waals surface area (Å²) in [5.41, 5.74) is 5.19. The standard InChI is InChI=1S/C25H26N4O4/c1-32-20-9-8-19(17-10-13-33-14-11-17)22-23(20)27-25(26-22)28-24(31)18-6-4-16(5-7-18)15-29-12-2-3-21(29)30/h4-10H,2-3,11-15H2,1H3,(H2,26,27,28,31). The first kappa shape index (κ1) is 21.2. The summed E-state index contributed by atoms with van der Waals surface area (Å²) in [6, 6.07) is 11.2. The van der Waals surface area contributed by atoms with Crippen molar-refractivity contribution in [3.05, 3.63) is 59.2 Å². The van der Waals surface area contributed by atoms with E-state index >= 15 is 0 Å². The second kappa shape index (κ2) is 9.07. The second-order valence-corrected chi connectivity index (χ2v) is 8.25. The summed E-state index contributed by atoms with van der Waals surface area (Å²) in [7, 11) is 1.61. The van der Waals surface area contributed by atoms with Crippen molar-refractivity contribution in [3.63, 3.8) is 0 Å². The van der Waals surface area contributed by atoms with Crippen molar-refractivity contribution < 1.29 is 19.1 Å². The van der Waals surface area contributed by atoms with E-state index in [9.17, 15) is 9.59 Å². The molecule has 1 aromatic heterocycles. The highest BCUT2D eigenvalue weighted by Gasteiger charge is 2.20. The van der Waals surface area contributed by atoms with E-state index in [-0.39, 0.29) is 11.8 Å². The van der Waals surface area contributed by atoms with Crippen molar-refractivity contribution in [1.82, 2.24) is 14.9 Å². The van der Waals surface area contributed by atoms with Gasteiger partial charge in [-0.05, 0) is 48.2 Å². The summed E-state index contributed by atoms with van der Waals surface area (Å²) in [4.78, 5) is 34.4. The molecule has 0 bridgehead atoms. The maximum Gasteiger partial charge on any atom is 0.257 e. The van der Waals surface area contributed by atoms with Gasteiger partial charge in [-0.3, -0.25) is 14.9 Å². The zero-order valence-corrected chi connectivity index (χ0v) is 18.5. The molecule has 0 atom stereocenters. The Balaban J connectivity index is 1.35. The van der Waals surface area contributed by atoms with Crippen LogP contribution in [0, 0.1) is 0 Å². The molecule has 2 aliphatic rings. The zero-order valence-electron chi connectivity index (χ0n) is 18.5. The van der Waals surface area contributed by atoms with E-state index in [0.29, 0.717) is 43.4 Å². The van der Waals surface area contributed by atoms with Crippen LogP contribution in [0.5, 0.6) is 5.75 Å². The molecule has 2 aliphatic heterocycles. The first-order chi connectivity index (χ1) is 16.1. The number of benzene rings is 2. The van der Waals surface area contributed by atoms with Crippen LogP contribution in [0.2, 0.25) is 0 Å².